The van der Waals surface area contributed by atoms with Crippen molar-refractivity contribution >= 4 is 18.4 Å². The van der Waals surface area contributed by atoms with Crippen molar-refractivity contribution in [1.82, 2.24) is 9.66 Å². The molecular weight excluding hydrogens is 318 g/mol. The van der Waals surface area contributed by atoms with Gasteiger partial charge in [-0.05, 0) is 43.8 Å². The molecule has 24 heavy (non-hydrogen) atoms. The summed E-state index contributed by atoms with van der Waals surface area (Å²) in [5.74, 6) is 0.807. The topological polar surface area (TPSA) is 42.3 Å². The van der Waals surface area contributed by atoms with Crippen LogP contribution in [-0.4, -0.2) is 22.0 Å². The Morgan fingerprint density at radius 1 is 1.08 bits per heavy atom. The van der Waals surface area contributed by atoms with E-state index in [0.29, 0.717) is 4.77 Å². The number of nitrogens with one attached hydrogen (secondary N) is 1. The van der Waals surface area contributed by atoms with E-state index in [1.807, 2.05) is 74.6 Å². The molecule has 0 fully saturated rings. The molecule has 0 aliphatic carbocycles. The van der Waals surface area contributed by atoms with Crippen LogP contribution >= 0.6 is 12.2 Å². The molecule has 0 saturated carbocycles. The zero-order valence-electron chi connectivity index (χ0n) is 13.6. The summed E-state index contributed by atoms with van der Waals surface area (Å²) in [4.78, 5) is 3.18. The lowest BCUT2D eigenvalue weighted by atomic mass is 10.2. The third-order valence-corrected chi connectivity index (χ3v) is 3.68. The van der Waals surface area contributed by atoms with Gasteiger partial charge in [0.15, 0.2) is 4.77 Å². The number of aromatic amines is 1. The van der Waals surface area contributed by atoms with E-state index in [9.17, 15) is 0 Å². The zero-order valence-corrected chi connectivity index (χ0v) is 14.5. The fourth-order valence-corrected chi connectivity index (χ4v) is 2.52. The van der Waals surface area contributed by atoms with E-state index in [-0.39, 0.29) is 6.10 Å². The maximum absolute atomic E-state index is 5.80. The van der Waals surface area contributed by atoms with Gasteiger partial charge >= 0.3 is 0 Å². The third kappa shape index (κ3) is 3.81. The highest BCUT2D eigenvalue weighted by Gasteiger charge is 2.04. The molecule has 0 atom stereocenters. The normalized spacial score (nSPS) is 11.3. The molecule has 0 aliphatic rings. The summed E-state index contributed by atoms with van der Waals surface area (Å²) in [6, 6.07) is 17.8. The Hall–Kier alpha value is -2.66. The van der Waals surface area contributed by atoms with Gasteiger partial charge < -0.3 is 9.72 Å². The minimum atomic E-state index is 0.110. The predicted octanol–water partition coefficient (Wildman–Crippen LogP) is 4.88. The van der Waals surface area contributed by atoms with Crippen molar-refractivity contribution in [3.8, 4) is 17.0 Å². The molecule has 0 unspecified atom stereocenters. The Morgan fingerprint density at radius 3 is 2.54 bits per heavy atom. The quantitative estimate of drug-likeness (QED) is 0.532. The van der Waals surface area contributed by atoms with Crippen LogP contribution in [0.3, 0.4) is 0 Å². The highest BCUT2D eigenvalue weighted by Crippen LogP contribution is 2.19. The smallest absolute Gasteiger partial charge is 0.198 e. The Balaban J connectivity index is 1.88. The monoisotopic (exact) mass is 337 g/mol. The van der Waals surface area contributed by atoms with E-state index in [2.05, 4.69) is 10.1 Å². The molecule has 122 valence electrons. The average molecular weight is 337 g/mol. The van der Waals surface area contributed by atoms with E-state index in [4.69, 9.17) is 17.0 Å². The third-order valence-electron chi connectivity index (χ3n) is 3.39. The van der Waals surface area contributed by atoms with Crippen LogP contribution in [0.2, 0.25) is 0 Å². The second kappa shape index (κ2) is 7.27. The lowest BCUT2D eigenvalue weighted by molar-refractivity contribution is 0.242. The number of nitrogens with zero attached hydrogens (tertiary/aromatic N) is 2. The summed E-state index contributed by atoms with van der Waals surface area (Å²) in [6.45, 7) is 4.00. The lowest BCUT2D eigenvalue weighted by Crippen LogP contribution is -2.07. The van der Waals surface area contributed by atoms with Crippen molar-refractivity contribution in [1.29, 1.82) is 0 Å². The second-order valence-corrected chi connectivity index (χ2v) is 6.02. The summed E-state index contributed by atoms with van der Waals surface area (Å²) < 4.78 is 8.01. The number of para-hydroxylation sites is 1. The molecule has 3 rings (SSSR count). The molecule has 2 aromatic carbocycles. The van der Waals surface area contributed by atoms with Crippen molar-refractivity contribution in [2.45, 2.75) is 20.0 Å². The number of hydrogen-bond acceptors (Lipinski definition) is 3. The van der Waals surface area contributed by atoms with Crippen LogP contribution < -0.4 is 4.74 Å². The van der Waals surface area contributed by atoms with E-state index in [0.717, 1.165) is 22.6 Å². The highest BCUT2D eigenvalue weighted by molar-refractivity contribution is 7.71. The minimum absolute atomic E-state index is 0.110. The Bertz CT molecular complexity index is 894. The predicted molar refractivity (Wildman–Crippen MR) is 100 cm³/mol. The van der Waals surface area contributed by atoms with Gasteiger partial charge in [0.05, 0.1) is 24.2 Å². The van der Waals surface area contributed by atoms with Crippen LogP contribution in [0.5, 0.6) is 5.75 Å². The van der Waals surface area contributed by atoms with Gasteiger partial charge in [-0.25, -0.2) is 4.68 Å². The molecule has 4 nitrogen and oxygen atoms in total. The summed E-state index contributed by atoms with van der Waals surface area (Å²) in [5.41, 5.74) is 2.92. The molecule has 0 saturated heterocycles. The van der Waals surface area contributed by atoms with Crippen LogP contribution in [0.15, 0.2) is 65.9 Å². The van der Waals surface area contributed by atoms with Gasteiger partial charge in [0.2, 0.25) is 0 Å². The van der Waals surface area contributed by atoms with Crippen LogP contribution in [0.25, 0.3) is 11.3 Å². The van der Waals surface area contributed by atoms with Crippen LogP contribution in [0, 0.1) is 4.77 Å². The first kappa shape index (κ1) is 16.2. The molecule has 1 heterocycles. The summed E-state index contributed by atoms with van der Waals surface area (Å²) in [6.07, 6.45) is 3.76. The number of H-pyrrole nitrogens is 1. The Morgan fingerprint density at radius 2 is 1.79 bits per heavy atom. The SMILES string of the molecule is CC(C)Oc1ccccc1/C=N/n1cc(-c2ccccc2)[nH]c1=S. The number of benzene rings is 2. The molecule has 0 amide bonds. The van der Waals surface area contributed by atoms with Crippen molar-refractivity contribution in [2.24, 2.45) is 5.10 Å². The molecule has 5 heteroatoms. The number of hydrogen-bond donors (Lipinski definition) is 1. The first-order valence-electron chi connectivity index (χ1n) is 7.80. The van der Waals surface area contributed by atoms with Gasteiger partial charge in [-0.1, -0.05) is 42.5 Å². The minimum Gasteiger partial charge on any atom is -0.490 e. The molecule has 1 N–H and O–H groups in total. The van der Waals surface area contributed by atoms with Crippen LogP contribution in [-0.2, 0) is 0 Å². The van der Waals surface area contributed by atoms with Gasteiger partial charge in [0, 0.05) is 5.56 Å². The maximum atomic E-state index is 5.80. The number of ether oxygens (including phenoxy) is 1. The van der Waals surface area contributed by atoms with E-state index >= 15 is 0 Å². The van der Waals surface area contributed by atoms with Gasteiger partial charge in [-0.15, -0.1) is 0 Å². The lowest BCUT2D eigenvalue weighted by Gasteiger charge is -2.11. The van der Waals surface area contributed by atoms with Crippen molar-refractivity contribution in [2.75, 3.05) is 0 Å². The van der Waals surface area contributed by atoms with Gasteiger partial charge in [-0.3, -0.25) is 0 Å². The Kier molecular flexibility index (Phi) is 4.91. The van der Waals surface area contributed by atoms with E-state index in [1.165, 1.54) is 0 Å². The standard InChI is InChI=1S/C19H19N3OS/c1-14(2)23-18-11-7-6-10-16(18)12-20-22-13-17(21-19(22)24)15-8-4-3-5-9-15/h3-14H,1-2H3,(H,21,24)/b20-12+. The average Bonchev–Trinajstić information content (AvgIpc) is 2.95. The fourth-order valence-electron chi connectivity index (χ4n) is 2.31. The summed E-state index contributed by atoms with van der Waals surface area (Å²) >= 11 is 5.35. The highest BCUT2D eigenvalue weighted by atomic mass is 32.1. The summed E-state index contributed by atoms with van der Waals surface area (Å²) in [5, 5.41) is 4.47. The number of aromatic nitrogens is 2. The van der Waals surface area contributed by atoms with Crippen LogP contribution in [0.1, 0.15) is 19.4 Å². The molecule has 0 aliphatic heterocycles. The van der Waals surface area contributed by atoms with Crippen molar-refractivity contribution in [3.05, 3.63) is 71.1 Å². The van der Waals surface area contributed by atoms with Crippen molar-refractivity contribution in [3.63, 3.8) is 0 Å². The van der Waals surface area contributed by atoms with Gasteiger partial charge in [0.25, 0.3) is 0 Å². The van der Waals surface area contributed by atoms with Gasteiger partial charge in [-0.2, -0.15) is 5.10 Å². The molecule has 0 bridgehead atoms. The molecule has 3 aromatic rings. The van der Waals surface area contributed by atoms with E-state index in [1.54, 1.807) is 10.9 Å². The van der Waals surface area contributed by atoms with Gasteiger partial charge in [0.1, 0.15) is 5.75 Å². The van der Waals surface area contributed by atoms with Crippen LogP contribution in [0.4, 0.5) is 0 Å². The summed E-state index contributed by atoms with van der Waals surface area (Å²) in [7, 11) is 0. The number of rotatable bonds is 5. The molecule has 0 radical (unpaired) electrons. The molecule has 1 aromatic heterocycles. The Labute approximate surface area is 146 Å². The first-order chi connectivity index (χ1) is 11.6. The van der Waals surface area contributed by atoms with E-state index < -0.39 is 0 Å². The maximum Gasteiger partial charge on any atom is 0.198 e. The zero-order chi connectivity index (χ0) is 16.9. The fraction of sp³-hybridized carbons (Fsp3) is 0.158. The largest absolute Gasteiger partial charge is 0.490 e. The molecular formula is C19H19N3OS. The molecule has 0 spiro atoms. The number of imidazole rings is 1. The second-order valence-electron chi connectivity index (χ2n) is 5.63. The first-order valence-corrected chi connectivity index (χ1v) is 8.21. The van der Waals surface area contributed by atoms with Crippen molar-refractivity contribution < 1.29 is 4.74 Å².